The lowest BCUT2D eigenvalue weighted by molar-refractivity contribution is -0.139. The van der Waals surface area contributed by atoms with Crippen molar-refractivity contribution >= 4 is 29.6 Å². The molecule has 10 heteroatoms. The Bertz CT molecular complexity index is 1000. The maximum atomic E-state index is 13.0. The van der Waals surface area contributed by atoms with E-state index in [0.29, 0.717) is 22.1 Å². The molecular formula is C21H24N2O7S. The number of thioether (sulfide) groups is 1. The van der Waals surface area contributed by atoms with Crippen molar-refractivity contribution in [2.24, 2.45) is 5.73 Å². The third-order valence-corrected chi connectivity index (χ3v) is 6.21. The first-order chi connectivity index (χ1) is 14.8. The van der Waals surface area contributed by atoms with E-state index in [-0.39, 0.29) is 29.5 Å². The molecule has 1 aromatic rings. The standard InChI is InChI=1S/C21H24N2O7S/c1-6-30-21(26)15-14(11-7-8-12(27-3)13(9-11)28-4)16(20(25)29-5)19-23(17(15)22)18(24)10(2)31-19/h7-10,14H,6,22H2,1-5H3. The summed E-state index contributed by atoms with van der Waals surface area (Å²) in [4.78, 5) is 39.9. The van der Waals surface area contributed by atoms with E-state index in [1.807, 2.05) is 0 Å². The van der Waals surface area contributed by atoms with Gasteiger partial charge in [0.1, 0.15) is 5.82 Å². The molecule has 0 radical (unpaired) electrons. The molecule has 1 saturated heterocycles. The van der Waals surface area contributed by atoms with Gasteiger partial charge in [-0.3, -0.25) is 9.69 Å². The molecule has 2 heterocycles. The van der Waals surface area contributed by atoms with Gasteiger partial charge in [0.25, 0.3) is 0 Å². The predicted octanol–water partition coefficient (Wildman–Crippen LogP) is 1.88. The van der Waals surface area contributed by atoms with Crippen LogP contribution >= 0.6 is 11.8 Å². The number of ether oxygens (including phenoxy) is 4. The molecule has 1 aromatic carbocycles. The molecule has 0 aromatic heterocycles. The fourth-order valence-electron chi connectivity index (χ4n) is 3.61. The Morgan fingerprint density at radius 2 is 1.77 bits per heavy atom. The Kier molecular flexibility index (Phi) is 6.49. The van der Waals surface area contributed by atoms with E-state index in [2.05, 4.69) is 0 Å². The van der Waals surface area contributed by atoms with Crippen LogP contribution in [-0.2, 0) is 23.9 Å². The summed E-state index contributed by atoms with van der Waals surface area (Å²) >= 11 is 1.19. The first-order valence-corrected chi connectivity index (χ1v) is 10.4. The number of fused-ring (bicyclic) bond motifs is 1. The summed E-state index contributed by atoms with van der Waals surface area (Å²) in [7, 11) is 4.22. The Balaban J connectivity index is 2.32. The predicted molar refractivity (Wildman–Crippen MR) is 113 cm³/mol. The molecule has 2 aliphatic heterocycles. The van der Waals surface area contributed by atoms with Gasteiger partial charge >= 0.3 is 11.9 Å². The zero-order valence-electron chi connectivity index (χ0n) is 17.9. The van der Waals surface area contributed by atoms with Crippen molar-refractivity contribution in [2.75, 3.05) is 27.9 Å². The molecule has 2 atom stereocenters. The molecule has 31 heavy (non-hydrogen) atoms. The van der Waals surface area contributed by atoms with Crippen LogP contribution in [0.3, 0.4) is 0 Å². The molecule has 0 spiro atoms. The number of benzene rings is 1. The van der Waals surface area contributed by atoms with Crippen LogP contribution in [0, 0.1) is 0 Å². The molecule has 2 aliphatic rings. The number of hydrogen-bond donors (Lipinski definition) is 1. The first kappa shape index (κ1) is 22.5. The summed E-state index contributed by atoms with van der Waals surface area (Å²) in [5.74, 6) is -1.84. The van der Waals surface area contributed by atoms with E-state index >= 15 is 0 Å². The molecule has 3 rings (SSSR count). The second kappa shape index (κ2) is 8.93. The minimum Gasteiger partial charge on any atom is -0.493 e. The number of hydrogen-bond acceptors (Lipinski definition) is 9. The molecule has 0 saturated carbocycles. The Labute approximate surface area is 184 Å². The molecule has 9 nitrogen and oxygen atoms in total. The maximum Gasteiger partial charge on any atom is 0.338 e. The quantitative estimate of drug-likeness (QED) is 0.651. The van der Waals surface area contributed by atoms with Gasteiger partial charge in [0.05, 0.1) is 55.3 Å². The second-order valence-electron chi connectivity index (χ2n) is 6.71. The lowest BCUT2D eigenvalue weighted by Crippen LogP contribution is -2.40. The van der Waals surface area contributed by atoms with E-state index in [1.165, 1.54) is 38.0 Å². The van der Waals surface area contributed by atoms with Crippen molar-refractivity contribution in [2.45, 2.75) is 25.0 Å². The van der Waals surface area contributed by atoms with Gasteiger partial charge in [-0.15, -0.1) is 0 Å². The summed E-state index contributed by atoms with van der Waals surface area (Å²) in [5.41, 5.74) is 6.99. The molecule has 2 N–H and O–H groups in total. The summed E-state index contributed by atoms with van der Waals surface area (Å²) in [5, 5.41) is -0.143. The van der Waals surface area contributed by atoms with Gasteiger partial charge < -0.3 is 24.7 Å². The van der Waals surface area contributed by atoms with E-state index < -0.39 is 23.1 Å². The highest BCUT2D eigenvalue weighted by molar-refractivity contribution is 8.04. The number of esters is 2. The van der Waals surface area contributed by atoms with Crippen LogP contribution < -0.4 is 15.2 Å². The highest BCUT2D eigenvalue weighted by atomic mass is 32.2. The number of rotatable bonds is 6. The second-order valence-corrected chi connectivity index (χ2v) is 8.04. The van der Waals surface area contributed by atoms with E-state index in [4.69, 9.17) is 24.7 Å². The number of carbonyl (C=O) groups excluding carboxylic acids is 3. The van der Waals surface area contributed by atoms with Crippen LogP contribution in [0.5, 0.6) is 11.5 Å². The average Bonchev–Trinajstić information content (AvgIpc) is 3.06. The lowest BCUT2D eigenvalue weighted by atomic mass is 9.82. The summed E-state index contributed by atoms with van der Waals surface area (Å²) in [6.07, 6.45) is 0. The van der Waals surface area contributed by atoms with E-state index in [0.717, 1.165) is 0 Å². The third-order valence-electron chi connectivity index (χ3n) is 5.03. The normalized spacial score (nSPS) is 20.5. The average molecular weight is 448 g/mol. The Morgan fingerprint density at radius 3 is 2.35 bits per heavy atom. The smallest absolute Gasteiger partial charge is 0.338 e. The number of amides is 1. The van der Waals surface area contributed by atoms with Gasteiger partial charge in [-0.2, -0.15) is 0 Å². The van der Waals surface area contributed by atoms with Crippen LogP contribution in [0.15, 0.2) is 40.2 Å². The van der Waals surface area contributed by atoms with Crippen LogP contribution in [0.4, 0.5) is 0 Å². The molecule has 1 fully saturated rings. The van der Waals surface area contributed by atoms with Crippen molar-refractivity contribution in [1.29, 1.82) is 0 Å². The monoisotopic (exact) mass is 448 g/mol. The van der Waals surface area contributed by atoms with Crippen LogP contribution in [0.2, 0.25) is 0 Å². The molecular weight excluding hydrogens is 424 g/mol. The molecule has 0 bridgehead atoms. The molecule has 2 unspecified atom stereocenters. The summed E-state index contributed by atoms with van der Waals surface area (Å²) in [6, 6.07) is 5.01. The molecule has 0 aliphatic carbocycles. The van der Waals surface area contributed by atoms with E-state index in [1.54, 1.807) is 32.0 Å². The summed E-state index contributed by atoms with van der Waals surface area (Å²) < 4.78 is 20.9. The SMILES string of the molecule is CCOC(=O)C1=C(N)N2C(=O)C(C)SC2=C(C(=O)OC)C1c1ccc(OC)c(OC)c1. The van der Waals surface area contributed by atoms with Gasteiger partial charge in [0, 0.05) is 0 Å². The van der Waals surface area contributed by atoms with Gasteiger partial charge in [-0.05, 0) is 31.5 Å². The van der Waals surface area contributed by atoms with Crippen molar-refractivity contribution in [1.82, 2.24) is 4.90 Å². The van der Waals surface area contributed by atoms with Crippen LogP contribution in [0.25, 0.3) is 0 Å². The van der Waals surface area contributed by atoms with Gasteiger partial charge in [-0.1, -0.05) is 17.8 Å². The van der Waals surface area contributed by atoms with Crippen LogP contribution in [-0.4, -0.2) is 55.9 Å². The number of nitrogens with two attached hydrogens (primary N) is 1. The van der Waals surface area contributed by atoms with E-state index in [9.17, 15) is 14.4 Å². The Morgan fingerprint density at radius 1 is 1.10 bits per heavy atom. The van der Waals surface area contributed by atoms with Crippen molar-refractivity contribution in [3.05, 3.63) is 45.8 Å². The number of nitrogens with zero attached hydrogens (tertiary/aromatic N) is 1. The minimum atomic E-state index is -0.928. The maximum absolute atomic E-state index is 13.0. The Hall–Kier alpha value is -3.14. The zero-order chi connectivity index (χ0) is 22.9. The number of carbonyl (C=O) groups is 3. The molecule has 166 valence electrons. The van der Waals surface area contributed by atoms with Crippen LogP contribution in [0.1, 0.15) is 25.3 Å². The van der Waals surface area contributed by atoms with Crippen molar-refractivity contribution in [3.63, 3.8) is 0 Å². The zero-order valence-corrected chi connectivity index (χ0v) is 18.7. The van der Waals surface area contributed by atoms with Gasteiger partial charge in [0.15, 0.2) is 11.5 Å². The third kappa shape index (κ3) is 3.71. The fraction of sp³-hybridized carbons (Fsp3) is 0.381. The largest absolute Gasteiger partial charge is 0.493 e. The minimum absolute atomic E-state index is 0.0127. The molecule has 1 amide bonds. The van der Waals surface area contributed by atoms with Gasteiger partial charge in [-0.25, -0.2) is 9.59 Å². The summed E-state index contributed by atoms with van der Waals surface area (Å²) in [6.45, 7) is 3.46. The number of methoxy groups -OCH3 is 3. The highest BCUT2D eigenvalue weighted by Crippen LogP contribution is 2.50. The van der Waals surface area contributed by atoms with Crippen molar-refractivity contribution in [3.8, 4) is 11.5 Å². The fourth-order valence-corrected chi connectivity index (χ4v) is 4.78. The van der Waals surface area contributed by atoms with Crippen molar-refractivity contribution < 1.29 is 33.3 Å². The topological polar surface area (TPSA) is 117 Å². The lowest BCUT2D eigenvalue weighted by Gasteiger charge is -2.33. The van der Waals surface area contributed by atoms with Gasteiger partial charge in [0.2, 0.25) is 5.91 Å². The first-order valence-electron chi connectivity index (χ1n) is 9.52. The highest BCUT2D eigenvalue weighted by Gasteiger charge is 2.49.